The molecule has 2 N–H and O–H groups in total. The summed E-state index contributed by atoms with van der Waals surface area (Å²) in [5.74, 6) is 3.19. The first-order chi connectivity index (χ1) is 16.5. The van der Waals surface area contributed by atoms with E-state index < -0.39 is 0 Å². The highest BCUT2D eigenvalue weighted by Crippen LogP contribution is 2.45. The van der Waals surface area contributed by atoms with Gasteiger partial charge in [-0.3, -0.25) is 9.89 Å². The first-order valence-corrected chi connectivity index (χ1v) is 13.2. The summed E-state index contributed by atoms with van der Waals surface area (Å²) in [5, 5.41) is 11.4. The highest BCUT2D eigenvalue weighted by atomic mass is 16.2. The van der Waals surface area contributed by atoms with E-state index in [9.17, 15) is 4.79 Å². The van der Waals surface area contributed by atoms with Crippen molar-refractivity contribution < 1.29 is 4.79 Å². The van der Waals surface area contributed by atoms with Gasteiger partial charge in [0.1, 0.15) is 11.9 Å². The molecule has 0 bridgehead atoms. The number of rotatable bonds is 5. The van der Waals surface area contributed by atoms with Crippen molar-refractivity contribution in [2.45, 2.75) is 90.0 Å². The van der Waals surface area contributed by atoms with Crippen molar-refractivity contribution >= 4 is 23.5 Å². The molecule has 34 heavy (non-hydrogen) atoms. The zero-order chi connectivity index (χ0) is 23.3. The third-order valence-corrected chi connectivity index (χ3v) is 8.39. The molecule has 4 aliphatic rings. The van der Waals surface area contributed by atoms with Gasteiger partial charge in [-0.25, -0.2) is 4.98 Å². The number of H-pyrrole nitrogens is 1. The summed E-state index contributed by atoms with van der Waals surface area (Å²) in [7, 11) is 0. The number of aromatic nitrogens is 4. The molecular weight excluding hydrogens is 426 g/mol. The van der Waals surface area contributed by atoms with Crippen LogP contribution in [0.2, 0.25) is 0 Å². The lowest BCUT2D eigenvalue weighted by Gasteiger charge is -2.28. The Morgan fingerprint density at radius 1 is 1.09 bits per heavy atom. The van der Waals surface area contributed by atoms with Gasteiger partial charge in [-0.2, -0.15) is 10.1 Å². The second-order valence-electron chi connectivity index (χ2n) is 11.5. The molecule has 182 valence electrons. The average Bonchev–Trinajstić information content (AvgIpc) is 3.63. The van der Waals surface area contributed by atoms with Gasteiger partial charge in [0.05, 0.1) is 5.69 Å². The lowest BCUT2D eigenvalue weighted by molar-refractivity contribution is -0.131. The summed E-state index contributed by atoms with van der Waals surface area (Å²) >= 11 is 0. The number of likely N-dealkylation sites (tertiary alicyclic amines) is 1. The number of carbonyl (C=O) groups is 1. The molecule has 0 aromatic carbocycles. The molecule has 2 aromatic rings. The molecule has 8 heteroatoms. The Labute approximate surface area is 201 Å². The molecule has 0 unspecified atom stereocenters. The highest BCUT2D eigenvalue weighted by molar-refractivity contribution is 5.85. The standard InChI is InChI=1S/C26H37N7O/c1-26(2)11-10-17(16-26)20-15-22(31-30-20)28-23-18-7-5-8-19(18)27-25(29-23)33-14-6-9-21(33)24(34)32-12-3-4-13-32/h15,17,21H,3-14,16H2,1-2H3,(H2,27,28,29,30,31)/t17-,21+/m1/s1. The van der Waals surface area contributed by atoms with E-state index in [0.717, 1.165) is 81.9 Å². The van der Waals surface area contributed by atoms with E-state index in [1.54, 1.807) is 0 Å². The van der Waals surface area contributed by atoms with Crippen LogP contribution in [0.5, 0.6) is 0 Å². The van der Waals surface area contributed by atoms with Crippen LogP contribution in [0.1, 0.15) is 88.1 Å². The van der Waals surface area contributed by atoms with Crippen LogP contribution in [0, 0.1) is 5.41 Å². The summed E-state index contributed by atoms with van der Waals surface area (Å²) in [6.45, 7) is 7.33. The number of fused-ring (bicyclic) bond motifs is 1. The van der Waals surface area contributed by atoms with Crippen LogP contribution in [0.25, 0.3) is 0 Å². The van der Waals surface area contributed by atoms with Gasteiger partial charge in [0.15, 0.2) is 5.82 Å². The van der Waals surface area contributed by atoms with Crippen molar-refractivity contribution in [2.75, 3.05) is 29.9 Å². The quantitative estimate of drug-likeness (QED) is 0.687. The van der Waals surface area contributed by atoms with Crippen LogP contribution >= 0.6 is 0 Å². The third-order valence-electron chi connectivity index (χ3n) is 8.39. The topological polar surface area (TPSA) is 90.0 Å². The molecule has 3 fully saturated rings. The number of aromatic amines is 1. The minimum Gasteiger partial charge on any atom is -0.341 e. The van der Waals surface area contributed by atoms with Crippen molar-refractivity contribution in [3.05, 3.63) is 23.0 Å². The number of aryl methyl sites for hydroxylation is 1. The van der Waals surface area contributed by atoms with Crippen molar-refractivity contribution in [3.63, 3.8) is 0 Å². The molecule has 2 aliphatic carbocycles. The molecule has 2 aliphatic heterocycles. The number of hydrogen-bond donors (Lipinski definition) is 2. The van der Waals surface area contributed by atoms with Gasteiger partial charge >= 0.3 is 0 Å². The third kappa shape index (κ3) is 4.05. The van der Waals surface area contributed by atoms with E-state index in [1.807, 2.05) is 4.90 Å². The second-order valence-corrected chi connectivity index (χ2v) is 11.5. The van der Waals surface area contributed by atoms with Crippen LogP contribution in [0.3, 0.4) is 0 Å². The van der Waals surface area contributed by atoms with Crippen LogP contribution in [0.15, 0.2) is 6.07 Å². The van der Waals surface area contributed by atoms with E-state index >= 15 is 0 Å². The van der Waals surface area contributed by atoms with Crippen LogP contribution in [-0.2, 0) is 17.6 Å². The number of anilines is 3. The Hall–Kier alpha value is -2.64. The molecule has 0 spiro atoms. The predicted octanol–water partition coefficient (Wildman–Crippen LogP) is 4.32. The molecular formula is C26H37N7O. The lowest BCUT2D eigenvalue weighted by atomic mass is 9.90. The van der Waals surface area contributed by atoms with E-state index in [0.29, 0.717) is 17.3 Å². The Morgan fingerprint density at radius 2 is 1.94 bits per heavy atom. The fraction of sp³-hybridized carbons (Fsp3) is 0.692. The molecule has 4 heterocycles. The number of carbonyl (C=O) groups excluding carboxylic acids is 1. The monoisotopic (exact) mass is 463 g/mol. The zero-order valence-corrected chi connectivity index (χ0v) is 20.6. The first kappa shape index (κ1) is 21.9. The average molecular weight is 464 g/mol. The van der Waals surface area contributed by atoms with Gasteiger partial charge in [0.25, 0.3) is 0 Å². The molecule has 6 rings (SSSR count). The number of nitrogens with zero attached hydrogens (tertiary/aromatic N) is 5. The number of nitrogens with one attached hydrogen (secondary N) is 2. The maximum Gasteiger partial charge on any atom is 0.245 e. The Morgan fingerprint density at radius 3 is 2.74 bits per heavy atom. The predicted molar refractivity (Wildman–Crippen MR) is 132 cm³/mol. The molecule has 2 atom stereocenters. The fourth-order valence-corrected chi connectivity index (χ4v) is 6.50. The molecule has 2 aromatic heterocycles. The molecule has 8 nitrogen and oxygen atoms in total. The SMILES string of the molecule is CC1(C)CC[C@@H](c2cc(Nc3nc(N4CCC[C@H]4C(=O)N4CCCC4)nc4c3CCC4)n[nH]2)C1. The van der Waals surface area contributed by atoms with E-state index in [4.69, 9.17) is 9.97 Å². The molecule has 0 radical (unpaired) electrons. The Kier molecular flexibility index (Phi) is 5.49. The van der Waals surface area contributed by atoms with Crippen molar-refractivity contribution in [3.8, 4) is 0 Å². The van der Waals surface area contributed by atoms with E-state index in [2.05, 4.69) is 40.3 Å². The van der Waals surface area contributed by atoms with Crippen molar-refractivity contribution in [1.82, 2.24) is 25.1 Å². The van der Waals surface area contributed by atoms with Gasteiger partial charge < -0.3 is 15.1 Å². The zero-order valence-electron chi connectivity index (χ0n) is 20.6. The minimum atomic E-state index is -0.131. The largest absolute Gasteiger partial charge is 0.341 e. The van der Waals surface area contributed by atoms with Crippen molar-refractivity contribution in [1.29, 1.82) is 0 Å². The van der Waals surface area contributed by atoms with Crippen LogP contribution < -0.4 is 10.2 Å². The smallest absolute Gasteiger partial charge is 0.245 e. The normalized spacial score (nSPS) is 25.8. The second kappa shape index (κ2) is 8.54. The Bertz CT molecular complexity index is 1070. The fourth-order valence-electron chi connectivity index (χ4n) is 6.50. The summed E-state index contributed by atoms with van der Waals surface area (Å²) in [6, 6.07) is 2.03. The molecule has 1 saturated carbocycles. The van der Waals surface area contributed by atoms with Crippen molar-refractivity contribution in [2.24, 2.45) is 5.41 Å². The summed E-state index contributed by atoms with van der Waals surface area (Å²) in [5.41, 5.74) is 3.96. The van der Waals surface area contributed by atoms with Crippen LogP contribution in [0.4, 0.5) is 17.6 Å². The molecule has 2 saturated heterocycles. The highest BCUT2D eigenvalue weighted by Gasteiger charge is 2.37. The number of hydrogen-bond acceptors (Lipinski definition) is 6. The van der Waals surface area contributed by atoms with Crippen LogP contribution in [-0.4, -0.2) is 56.6 Å². The van der Waals surface area contributed by atoms with Gasteiger partial charge in [-0.1, -0.05) is 13.8 Å². The first-order valence-electron chi connectivity index (χ1n) is 13.2. The maximum atomic E-state index is 13.2. The number of amides is 1. The summed E-state index contributed by atoms with van der Waals surface area (Å²) < 4.78 is 0. The maximum absolute atomic E-state index is 13.2. The van der Waals surface area contributed by atoms with Gasteiger partial charge in [-0.15, -0.1) is 0 Å². The van der Waals surface area contributed by atoms with E-state index in [1.165, 1.54) is 30.5 Å². The van der Waals surface area contributed by atoms with Gasteiger partial charge in [0, 0.05) is 42.9 Å². The van der Waals surface area contributed by atoms with Gasteiger partial charge in [0.2, 0.25) is 11.9 Å². The molecule has 1 amide bonds. The lowest BCUT2D eigenvalue weighted by Crippen LogP contribution is -2.45. The Balaban J connectivity index is 1.25. The summed E-state index contributed by atoms with van der Waals surface area (Å²) in [4.78, 5) is 27.3. The van der Waals surface area contributed by atoms with E-state index in [-0.39, 0.29) is 11.9 Å². The minimum absolute atomic E-state index is 0.131. The summed E-state index contributed by atoms with van der Waals surface area (Å²) in [6.07, 6.45) is 10.9. The van der Waals surface area contributed by atoms with Gasteiger partial charge in [-0.05, 0) is 69.6 Å².